The Morgan fingerprint density at radius 2 is 2.15 bits per heavy atom. The van der Waals surface area contributed by atoms with Crippen LogP contribution in [0.3, 0.4) is 0 Å². The third-order valence-electron chi connectivity index (χ3n) is 4.93. The summed E-state index contributed by atoms with van der Waals surface area (Å²) in [7, 11) is 1.30. The SMILES string of the molecule is COc1ccc(C2NC(=O)N([C@@H](Cc3cscn3)C(=O)Nc3nc(C(=O)O)cs3)C2=O)cc1F. The van der Waals surface area contributed by atoms with E-state index >= 15 is 0 Å². The minimum Gasteiger partial charge on any atom is -0.494 e. The number of imide groups is 1. The molecule has 0 aliphatic carbocycles. The lowest BCUT2D eigenvalue weighted by molar-refractivity contribution is -0.134. The number of nitrogens with one attached hydrogen (secondary N) is 2. The quantitative estimate of drug-likeness (QED) is 0.395. The number of halogens is 1. The van der Waals surface area contributed by atoms with Crippen LogP contribution in [0.1, 0.15) is 27.8 Å². The predicted molar refractivity (Wildman–Crippen MR) is 118 cm³/mol. The lowest BCUT2D eigenvalue weighted by Crippen LogP contribution is -2.49. The Morgan fingerprint density at radius 3 is 2.76 bits per heavy atom. The van der Waals surface area contributed by atoms with E-state index in [0.29, 0.717) is 5.69 Å². The molecule has 3 heterocycles. The van der Waals surface area contributed by atoms with E-state index in [-0.39, 0.29) is 28.6 Å². The third kappa shape index (κ3) is 4.58. The second kappa shape index (κ2) is 9.52. The number of benzene rings is 1. The molecule has 14 heteroatoms. The zero-order chi connectivity index (χ0) is 24.4. The largest absolute Gasteiger partial charge is 0.494 e. The summed E-state index contributed by atoms with van der Waals surface area (Å²) in [4.78, 5) is 58.8. The number of carboxylic acids is 1. The zero-order valence-corrected chi connectivity index (χ0v) is 19.0. The standard InChI is InChI=1S/C20H16FN5O6S2/c1-32-14-3-2-9(4-11(14)21)15-17(28)26(20(31)24-15)13(5-10-6-33-8-22-10)16(27)25-19-23-12(7-34-19)18(29)30/h2-4,6-8,13,15H,5H2,1H3,(H,24,31)(H,29,30)(H,23,25,27)/t13-,15?/m0/s1. The van der Waals surface area contributed by atoms with E-state index in [1.165, 1.54) is 36.0 Å². The number of amides is 4. The van der Waals surface area contributed by atoms with Gasteiger partial charge in [-0.1, -0.05) is 6.07 Å². The molecule has 1 fully saturated rings. The van der Waals surface area contributed by atoms with Gasteiger partial charge < -0.3 is 20.5 Å². The molecule has 11 nitrogen and oxygen atoms in total. The van der Waals surface area contributed by atoms with Crippen LogP contribution < -0.4 is 15.4 Å². The molecule has 3 aromatic rings. The van der Waals surface area contributed by atoms with Crippen LogP contribution in [-0.4, -0.2) is 56.9 Å². The van der Waals surface area contributed by atoms with Crippen LogP contribution in [0.5, 0.6) is 5.75 Å². The number of urea groups is 1. The number of thiazole rings is 2. The molecule has 0 bridgehead atoms. The van der Waals surface area contributed by atoms with Gasteiger partial charge in [0.05, 0.1) is 18.3 Å². The average molecular weight is 506 g/mol. The number of carbonyl (C=O) groups is 4. The summed E-state index contributed by atoms with van der Waals surface area (Å²) < 4.78 is 19.1. The highest BCUT2D eigenvalue weighted by Gasteiger charge is 2.45. The van der Waals surface area contributed by atoms with Gasteiger partial charge in [-0.05, 0) is 17.7 Å². The number of rotatable bonds is 8. The molecular formula is C20H16FN5O6S2. The van der Waals surface area contributed by atoms with Gasteiger partial charge in [0.1, 0.15) is 12.1 Å². The lowest BCUT2D eigenvalue weighted by atomic mass is 10.0. The van der Waals surface area contributed by atoms with Crippen molar-refractivity contribution in [3.8, 4) is 5.75 Å². The Bertz CT molecular complexity index is 1260. The summed E-state index contributed by atoms with van der Waals surface area (Å²) in [6.45, 7) is 0. The summed E-state index contributed by atoms with van der Waals surface area (Å²) in [6, 6.07) is 0.467. The van der Waals surface area contributed by atoms with Crippen LogP contribution in [0.2, 0.25) is 0 Å². The third-order valence-corrected chi connectivity index (χ3v) is 6.33. The summed E-state index contributed by atoms with van der Waals surface area (Å²) >= 11 is 2.16. The van der Waals surface area contributed by atoms with E-state index in [1.54, 1.807) is 10.9 Å². The average Bonchev–Trinajstić information content (AvgIpc) is 3.54. The second-order valence-electron chi connectivity index (χ2n) is 7.02. The highest BCUT2D eigenvalue weighted by molar-refractivity contribution is 7.14. The molecule has 176 valence electrons. The van der Waals surface area contributed by atoms with Crippen LogP contribution in [-0.2, 0) is 16.0 Å². The maximum Gasteiger partial charge on any atom is 0.355 e. The Morgan fingerprint density at radius 1 is 1.35 bits per heavy atom. The van der Waals surface area contributed by atoms with Gasteiger partial charge in [0.2, 0.25) is 5.91 Å². The van der Waals surface area contributed by atoms with Crippen molar-refractivity contribution in [1.82, 2.24) is 20.2 Å². The smallest absolute Gasteiger partial charge is 0.355 e. The van der Waals surface area contributed by atoms with Crippen molar-refractivity contribution >= 4 is 51.6 Å². The maximum atomic E-state index is 14.2. The van der Waals surface area contributed by atoms with Crippen LogP contribution in [0.15, 0.2) is 34.5 Å². The van der Waals surface area contributed by atoms with Gasteiger partial charge in [-0.2, -0.15) is 0 Å². The van der Waals surface area contributed by atoms with Gasteiger partial charge in [-0.15, -0.1) is 22.7 Å². The normalized spacial score (nSPS) is 16.3. The van der Waals surface area contributed by atoms with Crippen LogP contribution in [0.4, 0.5) is 14.3 Å². The Balaban J connectivity index is 1.61. The fourth-order valence-corrected chi connectivity index (χ4v) is 4.59. The van der Waals surface area contributed by atoms with E-state index in [9.17, 15) is 23.6 Å². The monoisotopic (exact) mass is 505 g/mol. The molecule has 1 aliphatic rings. The van der Waals surface area contributed by atoms with Gasteiger partial charge in [-0.3, -0.25) is 9.59 Å². The first-order valence-corrected chi connectivity index (χ1v) is 11.4. The van der Waals surface area contributed by atoms with Crippen molar-refractivity contribution < 1.29 is 33.4 Å². The number of methoxy groups -OCH3 is 1. The first kappa shape index (κ1) is 23.3. The summed E-state index contributed by atoms with van der Waals surface area (Å²) in [5, 5.41) is 16.9. The number of aromatic carboxylic acids is 1. The van der Waals surface area contributed by atoms with E-state index in [0.717, 1.165) is 22.3 Å². The number of ether oxygens (including phenoxy) is 1. The molecule has 1 aliphatic heterocycles. The molecule has 1 saturated heterocycles. The van der Waals surface area contributed by atoms with Crippen molar-refractivity contribution in [1.29, 1.82) is 0 Å². The first-order chi connectivity index (χ1) is 16.3. The second-order valence-corrected chi connectivity index (χ2v) is 8.59. The highest BCUT2D eigenvalue weighted by Crippen LogP contribution is 2.28. The minimum absolute atomic E-state index is 0.00786. The number of nitrogens with zero attached hydrogens (tertiary/aromatic N) is 3. The van der Waals surface area contributed by atoms with Gasteiger partial charge >= 0.3 is 12.0 Å². The van der Waals surface area contributed by atoms with Crippen molar-refractivity contribution in [2.24, 2.45) is 0 Å². The van der Waals surface area contributed by atoms with Gasteiger partial charge in [0.25, 0.3) is 5.91 Å². The Labute approximate surface area is 199 Å². The topological polar surface area (TPSA) is 151 Å². The lowest BCUT2D eigenvalue weighted by Gasteiger charge is -2.23. The molecule has 2 aromatic heterocycles. The number of aromatic nitrogens is 2. The van der Waals surface area contributed by atoms with E-state index in [2.05, 4.69) is 20.6 Å². The van der Waals surface area contributed by atoms with Gasteiger partial charge in [0, 0.05) is 17.2 Å². The summed E-state index contributed by atoms with van der Waals surface area (Å²) in [5.41, 5.74) is 1.93. The molecule has 2 atom stereocenters. The van der Waals surface area contributed by atoms with Crippen molar-refractivity contribution in [3.05, 3.63) is 57.2 Å². The summed E-state index contributed by atoms with van der Waals surface area (Å²) in [6.07, 6.45) is -0.0879. The van der Waals surface area contributed by atoms with Crippen LogP contribution in [0.25, 0.3) is 0 Å². The fraction of sp³-hybridized carbons (Fsp3) is 0.200. The van der Waals surface area contributed by atoms with E-state index in [4.69, 9.17) is 9.84 Å². The van der Waals surface area contributed by atoms with E-state index < -0.39 is 41.7 Å². The number of hydrogen-bond donors (Lipinski definition) is 3. The molecule has 1 unspecified atom stereocenters. The maximum absolute atomic E-state index is 14.2. The molecule has 0 radical (unpaired) electrons. The van der Waals surface area contributed by atoms with Crippen molar-refractivity contribution in [2.75, 3.05) is 12.4 Å². The van der Waals surface area contributed by atoms with Gasteiger partial charge in [0.15, 0.2) is 22.4 Å². The number of hydrogen-bond acceptors (Lipinski definition) is 9. The molecule has 4 rings (SSSR count). The van der Waals surface area contributed by atoms with Crippen molar-refractivity contribution in [2.45, 2.75) is 18.5 Å². The molecule has 0 spiro atoms. The highest BCUT2D eigenvalue weighted by atomic mass is 32.1. The summed E-state index contributed by atoms with van der Waals surface area (Å²) in [5.74, 6) is -3.52. The molecular weight excluding hydrogens is 489 g/mol. The molecule has 1 aromatic carbocycles. The van der Waals surface area contributed by atoms with E-state index in [1.807, 2.05) is 0 Å². The Hall–Kier alpha value is -3.91. The first-order valence-electron chi connectivity index (χ1n) is 9.62. The number of anilines is 1. The predicted octanol–water partition coefficient (Wildman–Crippen LogP) is 2.29. The fourth-order valence-electron chi connectivity index (χ4n) is 3.33. The van der Waals surface area contributed by atoms with Crippen molar-refractivity contribution in [3.63, 3.8) is 0 Å². The molecule has 34 heavy (non-hydrogen) atoms. The van der Waals surface area contributed by atoms with Crippen LogP contribution in [0, 0.1) is 5.82 Å². The number of carbonyl (C=O) groups excluding carboxylic acids is 3. The minimum atomic E-state index is -1.32. The zero-order valence-electron chi connectivity index (χ0n) is 17.4. The Kier molecular flexibility index (Phi) is 6.51. The van der Waals surface area contributed by atoms with Gasteiger partial charge in [-0.25, -0.2) is 28.8 Å². The molecule has 3 N–H and O–H groups in total. The molecule has 4 amide bonds. The molecule has 0 saturated carbocycles. The number of carboxylic acid groups (broad SMARTS) is 1. The van der Waals surface area contributed by atoms with Crippen LogP contribution >= 0.6 is 22.7 Å².